The van der Waals surface area contributed by atoms with Gasteiger partial charge in [0.25, 0.3) is 0 Å². The van der Waals surface area contributed by atoms with Gasteiger partial charge < -0.3 is 4.90 Å². The van der Waals surface area contributed by atoms with Crippen LogP contribution in [0.1, 0.15) is 12.5 Å². The first-order chi connectivity index (χ1) is 11.7. The van der Waals surface area contributed by atoms with E-state index in [2.05, 4.69) is 0 Å². The van der Waals surface area contributed by atoms with E-state index in [0.717, 1.165) is 16.1 Å². The molecule has 0 heterocycles. The summed E-state index contributed by atoms with van der Waals surface area (Å²) < 4.78 is 25.7. The smallest absolute Gasteiger partial charge is 0.246 e. The number of anilines is 1. The third-order valence-electron chi connectivity index (χ3n) is 3.77. The largest absolute Gasteiger partial charge is 0.340 e. The van der Waals surface area contributed by atoms with Gasteiger partial charge in [0.1, 0.15) is 6.04 Å². The first-order valence-electron chi connectivity index (χ1n) is 7.74. The maximum Gasteiger partial charge on any atom is 0.246 e. The molecule has 0 unspecified atom stereocenters. The van der Waals surface area contributed by atoms with E-state index in [4.69, 9.17) is 11.6 Å². The van der Waals surface area contributed by atoms with Crippen LogP contribution in [-0.2, 0) is 21.4 Å². The van der Waals surface area contributed by atoms with Crippen molar-refractivity contribution in [3.05, 3.63) is 65.2 Å². The average Bonchev–Trinajstić information content (AvgIpc) is 2.54. The molecule has 0 N–H and O–H groups in total. The number of rotatable bonds is 6. The highest BCUT2D eigenvalue weighted by Gasteiger charge is 2.31. The number of carbonyl (C=O) groups excluding carboxylic acids is 1. The maximum atomic E-state index is 12.8. The monoisotopic (exact) mass is 380 g/mol. The summed E-state index contributed by atoms with van der Waals surface area (Å²) in [5, 5.41) is 0.406. The van der Waals surface area contributed by atoms with Gasteiger partial charge in [-0.05, 0) is 30.7 Å². The Labute approximate surface area is 153 Å². The molecule has 0 saturated heterocycles. The third-order valence-corrected chi connectivity index (χ3v) is 5.24. The van der Waals surface area contributed by atoms with Gasteiger partial charge in [-0.3, -0.25) is 9.10 Å². The Hall–Kier alpha value is -2.05. The second-order valence-corrected chi connectivity index (χ2v) is 8.19. The van der Waals surface area contributed by atoms with Crippen LogP contribution in [-0.4, -0.2) is 38.6 Å². The zero-order valence-corrected chi connectivity index (χ0v) is 16.0. The van der Waals surface area contributed by atoms with Crippen molar-refractivity contribution in [2.24, 2.45) is 0 Å². The molecular weight excluding hydrogens is 360 g/mol. The van der Waals surface area contributed by atoms with Crippen molar-refractivity contribution in [1.82, 2.24) is 4.90 Å². The molecule has 0 aliphatic heterocycles. The second-order valence-electron chi connectivity index (χ2n) is 5.89. The molecule has 0 aliphatic rings. The molecule has 0 aliphatic carbocycles. The quantitative estimate of drug-likeness (QED) is 0.773. The zero-order chi connectivity index (χ0) is 18.6. The van der Waals surface area contributed by atoms with Crippen molar-refractivity contribution in [2.45, 2.75) is 19.5 Å². The lowest BCUT2D eigenvalue weighted by molar-refractivity contribution is -0.131. The summed E-state index contributed by atoms with van der Waals surface area (Å²) >= 11 is 5.98. The molecule has 2 rings (SSSR count). The predicted molar refractivity (Wildman–Crippen MR) is 101 cm³/mol. The summed E-state index contributed by atoms with van der Waals surface area (Å²) in [4.78, 5) is 14.3. The summed E-state index contributed by atoms with van der Waals surface area (Å²) in [7, 11) is -2.00. The fraction of sp³-hybridized carbons (Fsp3) is 0.278. The van der Waals surface area contributed by atoms with E-state index in [-0.39, 0.29) is 5.91 Å². The number of benzene rings is 2. The summed E-state index contributed by atoms with van der Waals surface area (Å²) in [6.07, 6.45) is 1.08. The van der Waals surface area contributed by atoms with Gasteiger partial charge in [0, 0.05) is 18.6 Å². The fourth-order valence-electron chi connectivity index (χ4n) is 2.67. The van der Waals surface area contributed by atoms with Crippen LogP contribution in [0.3, 0.4) is 0 Å². The molecule has 0 aromatic heterocycles. The normalized spacial score (nSPS) is 12.5. The molecule has 2 aromatic carbocycles. The van der Waals surface area contributed by atoms with E-state index < -0.39 is 16.1 Å². The summed E-state index contributed by atoms with van der Waals surface area (Å²) in [5.74, 6) is -0.297. The fourth-order valence-corrected chi connectivity index (χ4v) is 4.02. The van der Waals surface area contributed by atoms with Crippen molar-refractivity contribution in [3.63, 3.8) is 0 Å². The number of nitrogens with zero attached hydrogens (tertiary/aromatic N) is 2. The van der Waals surface area contributed by atoms with Crippen LogP contribution < -0.4 is 4.31 Å². The van der Waals surface area contributed by atoms with Crippen LogP contribution in [0.25, 0.3) is 0 Å². The lowest BCUT2D eigenvalue weighted by Crippen LogP contribution is -2.48. The summed E-state index contributed by atoms with van der Waals surface area (Å²) in [5.41, 5.74) is 1.34. The summed E-state index contributed by atoms with van der Waals surface area (Å²) in [6, 6.07) is 15.1. The second kappa shape index (κ2) is 7.89. The van der Waals surface area contributed by atoms with Crippen molar-refractivity contribution < 1.29 is 13.2 Å². The highest BCUT2D eigenvalue weighted by molar-refractivity contribution is 7.92. The SMILES string of the molecule is C[C@H](C(=O)N(C)Cc1ccccc1)N(c1cccc(Cl)c1)S(C)(=O)=O. The van der Waals surface area contributed by atoms with Crippen LogP contribution in [0, 0.1) is 0 Å². The average molecular weight is 381 g/mol. The van der Waals surface area contributed by atoms with Crippen molar-refractivity contribution in [1.29, 1.82) is 0 Å². The number of amides is 1. The van der Waals surface area contributed by atoms with Crippen LogP contribution in [0.15, 0.2) is 54.6 Å². The molecule has 1 amide bonds. The van der Waals surface area contributed by atoms with E-state index >= 15 is 0 Å². The number of hydrogen-bond acceptors (Lipinski definition) is 3. The zero-order valence-electron chi connectivity index (χ0n) is 14.4. The molecule has 2 aromatic rings. The lowest BCUT2D eigenvalue weighted by Gasteiger charge is -2.31. The minimum atomic E-state index is -3.66. The number of carbonyl (C=O) groups is 1. The Bertz CT molecular complexity index is 840. The highest BCUT2D eigenvalue weighted by Crippen LogP contribution is 2.25. The molecular formula is C18H21ClN2O3S. The van der Waals surface area contributed by atoms with Gasteiger partial charge in [0.15, 0.2) is 0 Å². The van der Waals surface area contributed by atoms with Gasteiger partial charge >= 0.3 is 0 Å². The Morgan fingerprint density at radius 2 is 1.76 bits per heavy atom. The van der Waals surface area contributed by atoms with Gasteiger partial charge in [-0.2, -0.15) is 0 Å². The Morgan fingerprint density at radius 3 is 2.32 bits per heavy atom. The van der Waals surface area contributed by atoms with Crippen LogP contribution >= 0.6 is 11.6 Å². The van der Waals surface area contributed by atoms with Crippen molar-refractivity contribution >= 4 is 33.2 Å². The molecule has 0 fully saturated rings. The molecule has 0 saturated carbocycles. The maximum absolute atomic E-state index is 12.8. The van der Waals surface area contributed by atoms with E-state index in [1.807, 2.05) is 30.3 Å². The number of likely N-dealkylation sites (N-methyl/N-ethyl adjacent to an activating group) is 1. The van der Waals surface area contributed by atoms with Crippen LogP contribution in [0.4, 0.5) is 5.69 Å². The highest BCUT2D eigenvalue weighted by atomic mass is 35.5. The Kier molecular flexibility index (Phi) is 6.08. The molecule has 0 bridgehead atoms. The lowest BCUT2D eigenvalue weighted by atomic mass is 10.2. The van der Waals surface area contributed by atoms with Crippen LogP contribution in [0.5, 0.6) is 0 Å². The Morgan fingerprint density at radius 1 is 1.12 bits per heavy atom. The van der Waals surface area contributed by atoms with Gasteiger partial charge in [-0.25, -0.2) is 8.42 Å². The molecule has 1 atom stereocenters. The van der Waals surface area contributed by atoms with E-state index in [0.29, 0.717) is 17.3 Å². The van der Waals surface area contributed by atoms with E-state index in [9.17, 15) is 13.2 Å². The molecule has 5 nitrogen and oxygen atoms in total. The number of hydrogen-bond donors (Lipinski definition) is 0. The van der Waals surface area contributed by atoms with Gasteiger partial charge in [-0.1, -0.05) is 48.0 Å². The molecule has 134 valence electrons. The van der Waals surface area contributed by atoms with E-state index in [1.54, 1.807) is 32.2 Å². The summed E-state index contributed by atoms with van der Waals surface area (Å²) in [6.45, 7) is 1.98. The molecule has 7 heteroatoms. The third kappa shape index (κ3) is 4.96. The standard InChI is InChI=1S/C18H21ClN2O3S/c1-14(18(22)20(2)13-15-8-5-4-6-9-15)21(25(3,23)24)17-11-7-10-16(19)12-17/h4-12,14H,13H2,1-3H3/t14-/m1/s1. The van der Waals surface area contributed by atoms with E-state index in [1.165, 1.54) is 11.0 Å². The van der Waals surface area contributed by atoms with Crippen molar-refractivity contribution in [3.8, 4) is 0 Å². The van der Waals surface area contributed by atoms with Crippen molar-refractivity contribution in [2.75, 3.05) is 17.6 Å². The first-order valence-corrected chi connectivity index (χ1v) is 9.96. The van der Waals surface area contributed by atoms with Crippen LogP contribution in [0.2, 0.25) is 5.02 Å². The Balaban J connectivity index is 2.27. The van der Waals surface area contributed by atoms with Gasteiger partial charge in [0.05, 0.1) is 11.9 Å². The minimum Gasteiger partial charge on any atom is -0.340 e. The van der Waals surface area contributed by atoms with Gasteiger partial charge in [0.2, 0.25) is 15.9 Å². The first kappa shape index (κ1) is 19.3. The number of halogens is 1. The topological polar surface area (TPSA) is 57.7 Å². The predicted octanol–water partition coefficient (Wildman–Crippen LogP) is 3.15. The minimum absolute atomic E-state index is 0.297. The molecule has 0 spiro atoms. The molecule has 25 heavy (non-hydrogen) atoms. The molecule has 0 radical (unpaired) electrons. The number of sulfonamides is 1. The van der Waals surface area contributed by atoms with Gasteiger partial charge in [-0.15, -0.1) is 0 Å².